The second-order valence-electron chi connectivity index (χ2n) is 6.50. The number of nitrogens with zero attached hydrogens (tertiary/aromatic N) is 2. The number of ether oxygens (including phenoxy) is 1. The molecule has 0 fully saturated rings. The van der Waals surface area contributed by atoms with Gasteiger partial charge in [-0.25, -0.2) is 4.98 Å². The van der Waals surface area contributed by atoms with Gasteiger partial charge in [-0.05, 0) is 30.4 Å². The molecule has 2 aromatic heterocycles. The minimum atomic E-state index is -0.216. The molecule has 0 saturated carbocycles. The summed E-state index contributed by atoms with van der Waals surface area (Å²) in [5, 5.41) is 14.4. The Morgan fingerprint density at radius 3 is 2.90 bits per heavy atom. The molecule has 0 saturated heterocycles. The van der Waals surface area contributed by atoms with Crippen molar-refractivity contribution >= 4 is 45.7 Å². The van der Waals surface area contributed by atoms with E-state index in [1.54, 1.807) is 16.7 Å². The smallest absolute Gasteiger partial charge is 0.267 e. The van der Waals surface area contributed by atoms with Gasteiger partial charge in [0.2, 0.25) is 4.77 Å². The molecule has 8 nitrogen and oxygen atoms in total. The first-order valence-electron chi connectivity index (χ1n) is 8.91. The summed E-state index contributed by atoms with van der Waals surface area (Å²) < 4.78 is 7.04. The van der Waals surface area contributed by atoms with Gasteiger partial charge in [0.15, 0.2) is 11.5 Å². The Morgan fingerprint density at radius 2 is 2.14 bits per heavy atom. The third kappa shape index (κ3) is 3.47. The Morgan fingerprint density at radius 1 is 1.34 bits per heavy atom. The number of nitrogens with one attached hydrogen (secondary N) is 2. The van der Waals surface area contributed by atoms with Gasteiger partial charge >= 0.3 is 0 Å². The van der Waals surface area contributed by atoms with Crippen LogP contribution in [-0.4, -0.2) is 39.2 Å². The summed E-state index contributed by atoms with van der Waals surface area (Å²) in [6.45, 7) is 0.665. The summed E-state index contributed by atoms with van der Waals surface area (Å²) >= 11 is 5.33. The fourth-order valence-corrected chi connectivity index (χ4v) is 3.51. The number of nitrogens with two attached hydrogens (primary N) is 1. The van der Waals surface area contributed by atoms with Gasteiger partial charge in [-0.3, -0.25) is 4.79 Å². The Balaban J connectivity index is 1.54. The predicted molar refractivity (Wildman–Crippen MR) is 114 cm³/mol. The molecule has 0 bridgehead atoms. The summed E-state index contributed by atoms with van der Waals surface area (Å²) in [6, 6.07) is 12.6. The van der Waals surface area contributed by atoms with Crippen LogP contribution in [0.25, 0.3) is 21.8 Å². The quantitative estimate of drug-likeness (QED) is 0.376. The van der Waals surface area contributed by atoms with E-state index >= 15 is 0 Å². The number of carbonyl (C=O) groups excluding carboxylic acids is 1. The van der Waals surface area contributed by atoms with Gasteiger partial charge in [-0.1, -0.05) is 18.2 Å². The van der Waals surface area contributed by atoms with E-state index in [4.69, 9.17) is 22.7 Å². The van der Waals surface area contributed by atoms with Crippen LogP contribution in [0.5, 0.6) is 11.5 Å². The van der Waals surface area contributed by atoms with Crippen LogP contribution in [0.3, 0.4) is 0 Å². The summed E-state index contributed by atoms with van der Waals surface area (Å²) in [7, 11) is 1.46. The second-order valence-corrected chi connectivity index (χ2v) is 6.86. The van der Waals surface area contributed by atoms with E-state index in [1.165, 1.54) is 13.2 Å². The fraction of sp³-hybridized carbons (Fsp3) is 0.150. The number of hydrogen-bond acceptors (Lipinski definition) is 6. The lowest BCUT2D eigenvalue weighted by molar-refractivity contribution is 0.0948. The average Bonchev–Trinajstić information content (AvgIpc) is 3.14. The van der Waals surface area contributed by atoms with Crippen LogP contribution in [0.15, 0.2) is 42.5 Å². The molecule has 4 rings (SSSR count). The van der Waals surface area contributed by atoms with Crippen LogP contribution in [0, 0.1) is 4.77 Å². The molecule has 0 aliphatic heterocycles. The van der Waals surface area contributed by atoms with Crippen LogP contribution in [-0.2, 0) is 6.54 Å². The SMILES string of the molecule is COc1cc2c(N)n(CCNC(=O)c3cc4ccccc4[nH]3)c(=S)nc2cc1O. The van der Waals surface area contributed by atoms with Crippen molar-refractivity contribution in [3.8, 4) is 11.5 Å². The van der Waals surface area contributed by atoms with Crippen molar-refractivity contribution in [3.05, 3.63) is 52.9 Å². The molecule has 2 heterocycles. The highest BCUT2D eigenvalue weighted by molar-refractivity contribution is 7.71. The van der Waals surface area contributed by atoms with E-state index in [2.05, 4.69) is 15.3 Å². The summed E-state index contributed by atoms with van der Waals surface area (Å²) in [6.07, 6.45) is 0. The largest absolute Gasteiger partial charge is 0.504 e. The van der Waals surface area contributed by atoms with E-state index in [0.717, 1.165) is 10.9 Å². The van der Waals surface area contributed by atoms with Gasteiger partial charge in [-0.2, -0.15) is 0 Å². The molecule has 5 N–H and O–H groups in total. The molecule has 0 radical (unpaired) electrons. The van der Waals surface area contributed by atoms with Crippen LogP contribution >= 0.6 is 12.2 Å². The maximum absolute atomic E-state index is 12.4. The normalized spacial score (nSPS) is 11.1. The number of amides is 1. The molecule has 0 spiro atoms. The van der Waals surface area contributed by atoms with Crippen molar-refractivity contribution in [1.29, 1.82) is 0 Å². The van der Waals surface area contributed by atoms with E-state index in [-0.39, 0.29) is 16.4 Å². The first kappa shape index (κ1) is 18.8. The van der Waals surface area contributed by atoms with Gasteiger partial charge < -0.3 is 30.4 Å². The molecule has 0 atom stereocenters. The number of aromatic amines is 1. The number of para-hydroxylation sites is 1. The molecular weight excluding hydrogens is 390 g/mol. The van der Waals surface area contributed by atoms with Crippen molar-refractivity contribution in [1.82, 2.24) is 19.9 Å². The molecule has 0 aliphatic rings. The molecule has 9 heteroatoms. The Bertz CT molecular complexity index is 1260. The molecule has 4 aromatic rings. The van der Waals surface area contributed by atoms with Crippen LogP contribution in [0.1, 0.15) is 10.5 Å². The van der Waals surface area contributed by atoms with E-state index in [9.17, 15) is 9.90 Å². The first-order valence-corrected chi connectivity index (χ1v) is 9.31. The zero-order chi connectivity index (χ0) is 20.5. The number of carbonyl (C=O) groups is 1. The van der Waals surface area contributed by atoms with E-state index < -0.39 is 0 Å². The zero-order valence-electron chi connectivity index (χ0n) is 15.6. The van der Waals surface area contributed by atoms with Gasteiger partial charge in [0.25, 0.3) is 5.91 Å². The topological polar surface area (TPSA) is 118 Å². The van der Waals surface area contributed by atoms with Crippen LogP contribution in [0.2, 0.25) is 0 Å². The lowest BCUT2D eigenvalue weighted by Crippen LogP contribution is -2.28. The number of aromatic hydroxyl groups is 1. The summed E-state index contributed by atoms with van der Waals surface area (Å²) in [5.41, 5.74) is 8.14. The molecule has 29 heavy (non-hydrogen) atoms. The van der Waals surface area contributed by atoms with E-state index in [0.29, 0.717) is 41.3 Å². The van der Waals surface area contributed by atoms with Gasteiger partial charge in [0, 0.05) is 35.4 Å². The fourth-order valence-electron chi connectivity index (χ4n) is 3.22. The Labute approximate surface area is 170 Å². The Hall–Kier alpha value is -3.59. The number of phenolic OH excluding ortho intramolecular Hbond substituents is 1. The molecule has 148 valence electrons. The predicted octanol–water partition coefficient (Wildman–Crippen LogP) is 2.97. The molecular formula is C20H19N5O3S. The van der Waals surface area contributed by atoms with Crippen molar-refractivity contribution in [3.63, 3.8) is 0 Å². The van der Waals surface area contributed by atoms with E-state index in [1.807, 2.05) is 24.3 Å². The van der Waals surface area contributed by atoms with Gasteiger partial charge in [0.1, 0.15) is 11.5 Å². The second kappa shape index (κ2) is 7.44. The minimum absolute atomic E-state index is 0.0374. The highest BCUT2D eigenvalue weighted by atomic mass is 32.1. The number of hydrogen-bond donors (Lipinski definition) is 4. The third-order valence-electron chi connectivity index (χ3n) is 4.71. The molecule has 1 amide bonds. The number of nitrogen functional groups attached to an aromatic ring is 1. The summed E-state index contributed by atoms with van der Waals surface area (Å²) in [4.78, 5) is 19.9. The third-order valence-corrected chi connectivity index (χ3v) is 5.02. The number of benzene rings is 2. The number of rotatable bonds is 5. The molecule has 2 aromatic carbocycles. The number of H-pyrrole nitrogens is 1. The van der Waals surface area contributed by atoms with Crippen molar-refractivity contribution in [2.45, 2.75) is 6.54 Å². The van der Waals surface area contributed by atoms with Gasteiger partial charge in [0.05, 0.1) is 12.6 Å². The van der Waals surface area contributed by atoms with Crippen LogP contribution in [0.4, 0.5) is 5.82 Å². The number of anilines is 1. The lowest BCUT2D eigenvalue weighted by atomic mass is 10.2. The first-order chi connectivity index (χ1) is 14.0. The standard InChI is InChI=1S/C20H19N5O3S/c1-28-17-9-12-14(10-16(17)26)24-20(29)25(18(12)21)7-6-22-19(27)15-8-11-4-2-3-5-13(11)23-15/h2-5,8-10,23,26H,6-7,21H2,1H3,(H,22,27). The highest BCUT2D eigenvalue weighted by Gasteiger charge is 2.13. The molecule has 0 unspecified atom stereocenters. The summed E-state index contributed by atoms with van der Waals surface area (Å²) in [5.74, 6) is 0.427. The lowest BCUT2D eigenvalue weighted by Gasteiger charge is -2.14. The zero-order valence-corrected chi connectivity index (χ0v) is 16.4. The molecule has 0 aliphatic carbocycles. The van der Waals surface area contributed by atoms with Crippen LogP contribution < -0.4 is 15.8 Å². The van der Waals surface area contributed by atoms with Crippen molar-refractivity contribution in [2.24, 2.45) is 0 Å². The number of methoxy groups -OCH3 is 1. The minimum Gasteiger partial charge on any atom is -0.504 e. The van der Waals surface area contributed by atoms with Crippen molar-refractivity contribution < 1.29 is 14.6 Å². The van der Waals surface area contributed by atoms with Gasteiger partial charge in [-0.15, -0.1) is 0 Å². The monoisotopic (exact) mass is 409 g/mol. The number of aromatic nitrogens is 3. The van der Waals surface area contributed by atoms with Crippen molar-refractivity contribution in [2.75, 3.05) is 19.4 Å². The maximum Gasteiger partial charge on any atom is 0.267 e. The average molecular weight is 409 g/mol. The maximum atomic E-state index is 12.4. The number of phenols is 1. The Kier molecular flexibility index (Phi) is 4.81. The highest BCUT2D eigenvalue weighted by Crippen LogP contribution is 2.32. The number of fused-ring (bicyclic) bond motifs is 2.